The van der Waals surface area contributed by atoms with Gasteiger partial charge in [-0.2, -0.15) is 29.8 Å². The molecule has 3 atom stereocenters. The number of nitrogens with zero attached hydrogens (tertiary/aromatic N) is 7. The Hall–Kier alpha value is -8.83. The van der Waals surface area contributed by atoms with Crippen LogP contribution in [0.25, 0.3) is 5.69 Å². The van der Waals surface area contributed by atoms with Crippen molar-refractivity contribution in [3.63, 3.8) is 0 Å². The zero-order valence-corrected chi connectivity index (χ0v) is 49.9. The minimum atomic E-state index is -0.428. The molecule has 1 aliphatic carbocycles. The number of pyridine rings is 1. The van der Waals surface area contributed by atoms with Crippen molar-refractivity contribution in [3.05, 3.63) is 276 Å². The average molecular weight is 1180 g/mol. The van der Waals surface area contributed by atoms with Gasteiger partial charge < -0.3 is 10.1 Å². The number of nitrogens with one attached hydrogen (secondary N) is 3. The summed E-state index contributed by atoms with van der Waals surface area (Å²) in [6.45, 7) is 8.83. The van der Waals surface area contributed by atoms with Crippen LogP contribution in [0.4, 0.5) is 0 Å². The van der Waals surface area contributed by atoms with Gasteiger partial charge in [-0.25, -0.2) is 10.2 Å². The molecule has 0 bridgehead atoms. The molecule has 17 heteroatoms. The van der Waals surface area contributed by atoms with Gasteiger partial charge in [0, 0.05) is 47.5 Å². The average Bonchev–Trinajstić information content (AvgIpc) is 4.21. The molecule has 4 aromatic carbocycles. The number of aryl methyl sites for hydroxylation is 8. The lowest BCUT2D eigenvalue weighted by atomic mass is 10.0. The third kappa shape index (κ3) is 18.8. The molecule has 1 saturated heterocycles. The maximum atomic E-state index is 12.6. The van der Waals surface area contributed by atoms with Crippen LogP contribution in [-0.2, 0) is 30.4 Å². The first-order valence-corrected chi connectivity index (χ1v) is 29.1. The summed E-state index contributed by atoms with van der Waals surface area (Å²) >= 11 is 12.0. The van der Waals surface area contributed by atoms with E-state index in [1.165, 1.54) is 61.6 Å². The molecule has 2 unspecified atom stereocenters. The van der Waals surface area contributed by atoms with Gasteiger partial charge >= 0.3 is 0 Å². The van der Waals surface area contributed by atoms with E-state index < -0.39 is 5.56 Å². The Labute approximate surface area is 504 Å². The molecule has 9 aromatic rings. The first-order valence-electron chi connectivity index (χ1n) is 28.3. The van der Waals surface area contributed by atoms with E-state index in [1.54, 1.807) is 30.7 Å². The zero-order valence-electron chi connectivity index (χ0n) is 48.4. The van der Waals surface area contributed by atoms with Crippen molar-refractivity contribution in [2.24, 2.45) is 0 Å². The molecule has 2 aliphatic rings. The monoisotopic (exact) mass is 1170 g/mol. The summed E-state index contributed by atoms with van der Waals surface area (Å²) in [5, 5.41) is 24.1. The molecule has 1 aliphatic heterocycles. The Morgan fingerprint density at radius 1 is 0.576 bits per heavy atom. The first-order chi connectivity index (χ1) is 41.2. The number of aromatic amines is 2. The van der Waals surface area contributed by atoms with Crippen LogP contribution in [0.3, 0.4) is 0 Å². The van der Waals surface area contributed by atoms with Crippen molar-refractivity contribution in [2.45, 2.75) is 110 Å². The third-order valence-electron chi connectivity index (χ3n) is 14.5. The highest BCUT2D eigenvalue weighted by atomic mass is 35.5. The molecule has 6 heterocycles. The Kier molecular flexibility index (Phi) is 22.8. The van der Waals surface area contributed by atoms with E-state index in [9.17, 15) is 19.2 Å². The second-order valence-electron chi connectivity index (χ2n) is 21.1. The molecule has 1 saturated carbocycles. The zero-order chi connectivity index (χ0) is 60.1. The van der Waals surface area contributed by atoms with Crippen LogP contribution in [0.2, 0.25) is 10.0 Å². The number of H-pyrrole nitrogens is 2. The molecule has 0 radical (unpaired) electrons. The van der Waals surface area contributed by atoms with Gasteiger partial charge in [0.05, 0.1) is 47.8 Å². The van der Waals surface area contributed by atoms with Gasteiger partial charge in [0.15, 0.2) is 6.23 Å². The molecule has 11 rings (SSSR count). The molecule has 15 nitrogen and oxygen atoms in total. The van der Waals surface area contributed by atoms with E-state index in [2.05, 4.69) is 127 Å². The maximum absolute atomic E-state index is 12.6. The summed E-state index contributed by atoms with van der Waals surface area (Å²) in [5.41, 5.74) is 12.7. The fourth-order valence-corrected chi connectivity index (χ4v) is 9.69. The number of halogens is 2. The number of hydrogen-bond donors (Lipinski definition) is 3. The van der Waals surface area contributed by atoms with Crippen molar-refractivity contribution in [1.29, 1.82) is 0 Å². The maximum Gasteiger partial charge on any atom is 0.289 e. The Bertz CT molecular complexity index is 4020. The van der Waals surface area contributed by atoms with Gasteiger partial charge in [-0.1, -0.05) is 142 Å². The molecule has 5 aromatic heterocycles. The van der Waals surface area contributed by atoms with Crippen molar-refractivity contribution in [2.75, 3.05) is 13.7 Å². The fraction of sp³-hybridized carbons (Fsp3) is 0.279. The molecular formula is C68H68Cl2N10O5. The highest BCUT2D eigenvalue weighted by molar-refractivity contribution is 6.31. The van der Waals surface area contributed by atoms with Crippen molar-refractivity contribution in [1.82, 2.24) is 50.3 Å². The SMILES string of the molecule is CN[C@H]1CCC(c2ccc(-n3ncc(CCc4ccc(C)cc4)cc3=O)cn2)C1.Cc1ccc(C#Cc2cn[nH]c(=O)c2Cl)cc1.Cc1ccc(C#Cc2cnn(C3CCCCO3)c(=O)c2Cl)cc1.Cc1ccc(CCc2cn[nH]c(=O)c2)cc1. The van der Waals surface area contributed by atoms with Crippen LogP contribution >= 0.6 is 23.2 Å². The third-order valence-corrected chi connectivity index (χ3v) is 15.2. The van der Waals surface area contributed by atoms with Gasteiger partial charge in [0.1, 0.15) is 10.0 Å². The first kappa shape index (κ1) is 62.2. The summed E-state index contributed by atoms with van der Waals surface area (Å²) in [6.07, 6.45) is 17.7. The molecule has 85 heavy (non-hydrogen) atoms. The lowest BCUT2D eigenvalue weighted by Gasteiger charge is -2.23. The van der Waals surface area contributed by atoms with Crippen LogP contribution in [0.5, 0.6) is 0 Å². The van der Waals surface area contributed by atoms with E-state index in [0.29, 0.717) is 35.4 Å². The van der Waals surface area contributed by atoms with Gasteiger partial charge in [0.25, 0.3) is 22.2 Å². The second kappa shape index (κ2) is 31.2. The quantitative estimate of drug-likeness (QED) is 0.110. The van der Waals surface area contributed by atoms with Crippen molar-refractivity contribution >= 4 is 23.2 Å². The Balaban J connectivity index is 0.000000152. The fourth-order valence-electron chi connectivity index (χ4n) is 9.37. The van der Waals surface area contributed by atoms with Gasteiger partial charge in [-0.05, 0) is 158 Å². The lowest BCUT2D eigenvalue weighted by Crippen LogP contribution is -2.31. The van der Waals surface area contributed by atoms with Crippen LogP contribution in [-0.4, -0.2) is 64.6 Å². The Morgan fingerprint density at radius 2 is 1.14 bits per heavy atom. The highest BCUT2D eigenvalue weighted by Crippen LogP contribution is 2.33. The lowest BCUT2D eigenvalue weighted by molar-refractivity contribution is -0.0424. The van der Waals surface area contributed by atoms with Crippen LogP contribution in [0.15, 0.2) is 171 Å². The minimum Gasteiger partial charge on any atom is -0.356 e. The van der Waals surface area contributed by atoms with Gasteiger partial charge in [0.2, 0.25) is 0 Å². The van der Waals surface area contributed by atoms with E-state index in [-0.39, 0.29) is 33.0 Å². The standard InChI is InChI=1S/C24H28N4O.C18H17ClN2O2.C13H9ClN2O.C13H14N2O/c1-17-3-5-18(6-4-17)7-8-19-13-24(29)28(27-15-19)22-11-12-23(26-16-22)20-9-10-21(14-20)25-2;1-13-5-7-14(8-6-13)9-10-15-12-20-21(18(22)17(15)19)16-4-2-3-11-23-16;1-9-2-4-10(5-3-9)6-7-11-8-15-16-13(17)12(11)14;1-10-2-4-11(5-3-10)6-7-12-8-13(16)15-14-9-12/h3-6,11-13,15-16,20-21,25H,7-10,14H2,1-2H3;5-8,12,16H,2-4,11H2,1H3;2-5,8H,1H3,(H,16,17);2-5,8-9H,6-7H2,1H3,(H,15,16)/t20?,21-;;;/m0.../s1. The minimum absolute atomic E-state index is 0.0691. The number of ether oxygens (including phenoxy) is 1. The predicted molar refractivity (Wildman–Crippen MR) is 336 cm³/mol. The summed E-state index contributed by atoms with van der Waals surface area (Å²) in [7, 11) is 2.02. The summed E-state index contributed by atoms with van der Waals surface area (Å²) in [5.74, 6) is 12.2. The van der Waals surface area contributed by atoms with Gasteiger partial charge in [-0.3, -0.25) is 24.2 Å². The number of hydrogen-bond acceptors (Lipinski definition) is 11. The van der Waals surface area contributed by atoms with Crippen LogP contribution in [0, 0.1) is 51.4 Å². The molecule has 434 valence electrons. The van der Waals surface area contributed by atoms with Crippen LogP contribution in [0.1, 0.15) is 123 Å². The highest BCUT2D eigenvalue weighted by Gasteiger charge is 2.26. The number of rotatable bonds is 10. The van der Waals surface area contributed by atoms with Crippen molar-refractivity contribution in [3.8, 4) is 29.4 Å². The number of benzene rings is 4. The molecule has 0 spiro atoms. The topological polar surface area (TPSA) is 195 Å². The summed E-state index contributed by atoms with van der Waals surface area (Å²) in [6, 6.07) is 40.4. The van der Waals surface area contributed by atoms with Gasteiger partial charge in [-0.15, -0.1) is 0 Å². The molecule has 0 amide bonds. The second-order valence-corrected chi connectivity index (χ2v) is 21.8. The van der Waals surface area contributed by atoms with E-state index in [0.717, 1.165) is 85.7 Å². The molecule has 3 N–H and O–H groups in total. The largest absolute Gasteiger partial charge is 0.356 e. The predicted octanol–water partition coefficient (Wildman–Crippen LogP) is 10.9. The Morgan fingerprint density at radius 3 is 1.67 bits per heavy atom. The van der Waals surface area contributed by atoms with Crippen molar-refractivity contribution < 1.29 is 4.74 Å². The number of aromatic nitrogens is 9. The normalized spacial score (nSPS) is 15.0. The summed E-state index contributed by atoms with van der Waals surface area (Å²) < 4.78 is 8.33. The smallest absolute Gasteiger partial charge is 0.289 e. The van der Waals surface area contributed by atoms with Crippen LogP contribution < -0.4 is 27.6 Å². The molecular weight excluding hydrogens is 1110 g/mol. The van der Waals surface area contributed by atoms with E-state index in [1.807, 2.05) is 81.6 Å². The summed E-state index contributed by atoms with van der Waals surface area (Å²) in [4.78, 5) is 51.8. The van der Waals surface area contributed by atoms with E-state index >= 15 is 0 Å². The van der Waals surface area contributed by atoms with E-state index in [4.69, 9.17) is 27.9 Å². The molecule has 2 fully saturated rings.